The first kappa shape index (κ1) is 17.3. The van der Waals surface area contributed by atoms with Crippen LogP contribution in [-0.2, 0) is 31.9 Å². The smallest absolute Gasteiger partial charge is 0.223 e. The minimum atomic E-state index is 0.0537. The van der Waals surface area contributed by atoms with Crippen LogP contribution in [-0.4, -0.2) is 42.5 Å². The van der Waals surface area contributed by atoms with Gasteiger partial charge in [0, 0.05) is 57.1 Å². The van der Waals surface area contributed by atoms with Gasteiger partial charge in [-0.2, -0.15) is 10.2 Å². The molecule has 1 saturated carbocycles. The molecule has 0 aromatic carbocycles. The van der Waals surface area contributed by atoms with Gasteiger partial charge >= 0.3 is 0 Å². The SMILES string of the molecule is CCc1nn(C)cc1CN[C@@H]1CCC(=O)N(C2CC2)[C@H]1c1ccnn1C. The van der Waals surface area contributed by atoms with Gasteiger partial charge in [-0.1, -0.05) is 6.92 Å². The van der Waals surface area contributed by atoms with Crippen molar-refractivity contribution in [1.82, 2.24) is 29.8 Å². The summed E-state index contributed by atoms with van der Waals surface area (Å²) in [6, 6.07) is 2.73. The Balaban J connectivity index is 1.58. The number of amides is 1. The molecule has 1 N–H and O–H groups in total. The van der Waals surface area contributed by atoms with Crippen molar-refractivity contribution in [1.29, 1.82) is 0 Å². The molecule has 7 nitrogen and oxygen atoms in total. The Hall–Kier alpha value is -2.15. The minimum Gasteiger partial charge on any atom is -0.330 e. The maximum atomic E-state index is 12.7. The van der Waals surface area contributed by atoms with Gasteiger partial charge < -0.3 is 10.2 Å². The van der Waals surface area contributed by atoms with E-state index in [1.54, 1.807) is 0 Å². The highest BCUT2D eigenvalue weighted by molar-refractivity contribution is 5.78. The quantitative estimate of drug-likeness (QED) is 0.855. The first-order valence-electron chi connectivity index (χ1n) is 9.62. The minimum absolute atomic E-state index is 0.0537. The molecule has 0 radical (unpaired) electrons. The molecule has 2 aromatic rings. The Morgan fingerprint density at radius 1 is 1.27 bits per heavy atom. The first-order valence-corrected chi connectivity index (χ1v) is 9.62. The highest BCUT2D eigenvalue weighted by Crippen LogP contribution is 2.40. The van der Waals surface area contributed by atoms with Gasteiger partial charge in [-0.3, -0.25) is 14.2 Å². The molecule has 1 saturated heterocycles. The normalized spacial score (nSPS) is 23.7. The number of nitrogens with zero attached hydrogens (tertiary/aromatic N) is 5. The summed E-state index contributed by atoms with van der Waals surface area (Å²) in [5.41, 5.74) is 3.50. The third kappa shape index (κ3) is 3.16. The molecule has 2 aromatic heterocycles. The zero-order chi connectivity index (χ0) is 18.3. The van der Waals surface area contributed by atoms with Crippen molar-refractivity contribution in [2.45, 2.75) is 63.7 Å². The fraction of sp³-hybridized carbons (Fsp3) is 0.632. The van der Waals surface area contributed by atoms with E-state index in [-0.39, 0.29) is 18.0 Å². The van der Waals surface area contributed by atoms with Crippen LogP contribution in [0.2, 0.25) is 0 Å². The van der Waals surface area contributed by atoms with Gasteiger partial charge in [0.1, 0.15) is 0 Å². The molecule has 2 atom stereocenters. The molecule has 0 bridgehead atoms. The van der Waals surface area contributed by atoms with Crippen LogP contribution in [0.5, 0.6) is 0 Å². The summed E-state index contributed by atoms with van der Waals surface area (Å²) in [6.07, 6.45) is 8.57. The van der Waals surface area contributed by atoms with E-state index in [4.69, 9.17) is 0 Å². The third-order valence-corrected chi connectivity index (χ3v) is 5.62. The number of aromatic nitrogens is 4. The van der Waals surface area contributed by atoms with E-state index < -0.39 is 0 Å². The molecular weight excluding hydrogens is 328 g/mol. The molecular formula is C19H28N6O. The van der Waals surface area contributed by atoms with E-state index in [9.17, 15) is 4.79 Å². The maximum absolute atomic E-state index is 12.7. The average Bonchev–Trinajstić information content (AvgIpc) is 3.27. The summed E-state index contributed by atoms with van der Waals surface area (Å²) in [5.74, 6) is 0.285. The number of hydrogen-bond donors (Lipinski definition) is 1. The second-order valence-corrected chi connectivity index (χ2v) is 7.51. The van der Waals surface area contributed by atoms with Gasteiger partial charge in [0.2, 0.25) is 5.91 Å². The van der Waals surface area contributed by atoms with Gasteiger partial charge in [-0.15, -0.1) is 0 Å². The molecule has 2 fully saturated rings. The molecule has 140 valence electrons. The van der Waals surface area contributed by atoms with Gasteiger partial charge in [-0.25, -0.2) is 0 Å². The zero-order valence-corrected chi connectivity index (χ0v) is 15.9. The number of rotatable bonds is 6. The van der Waals surface area contributed by atoms with E-state index in [0.29, 0.717) is 12.5 Å². The van der Waals surface area contributed by atoms with Crippen LogP contribution in [0.15, 0.2) is 18.5 Å². The summed E-state index contributed by atoms with van der Waals surface area (Å²) in [5, 5.41) is 12.6. The van der Waals surface area contributed by atoms with E-state index in [1.807, 2.05) is 29.7 Å². The van der Waals surface area contributed by atoms with Crippen molar-refractivity contribution in [3.05, 3.63) is 35.4 Å². The van der Waals surface area contributed by atoms with Crippen LogP contribution in [0.3, 0.4) is 0 Å². The highest BCUT2D eigenvalue weighted by Gasteiger charge is 2.45. The third-order valence-electron chi connectivity index (χ3n) is 5.62. The zero-order valence-electron chi connectivity index (χ0n) is 15.9. The van der Waals surface area contributed by atoms with Crippen LogP contribution in [0, 0.1) is 0 Å². The summed E-state index contributed by atoms with van der Waals surface area (Å²) < 4.78 is 3.80. The van der Waals surface area contributed by atoms with Gasteiger partial charge in [-0.05, 0) is 31.7 Å². The summed E-state index contributed by atoms with van der Waals surface area (Å²) in [4.78, 5) is 14.8. The lowest BCUT2D eigenvalue weighted by Gasteiger charge is -2.42. The average molecular weight is 356 g/mol. The fourth-order valence-electron chi connectivity index (χ4n) is 4.21. The van der Waals surface area contributed by atoms with Gasteiger partial charge in [0.15, 0.2) is 0 Å². The van der Waals surface area contributed by atoms with Gasteiger partial charge in [0.05, 0.1) is 17.4 Å². The molecule has 26 heavy (non-hydrogen) atoms. The Labute approximate surface area is 154 Å². The predicted octanol–water partition coefficient (Wildman–Crippen LogP) is 1.70. The Morgan fingerprint density at radius 2 is 2.08 bits per heavy atom. The first-order chi connectivity index (χ1) is 12.6. The van der Waals surface area contributed by atoms with Crippen molar-refractivity contribution >= 4 is 5.91 Å². The molecule has 1 amide bonds. The van der Waals surface area contributed by atoms with Crippen LogP contribution >= 0.6 is 0 Å². The molecule has 1 aliphatic carbocycles. The molecule has 3 heterocycles. The summed E-state index contributed by atoms with van der Waals surface area (Å²) >= 11 is 0. The lowest BCUT2D eigenvalue weighted by atomic mass is 9.92. The number of aryl methyl sites for hydroxylation is 3. The number of nitrogens with one attached hydrogen (secondary N) is 1. The lowest BCUT2D eigenvalue weighted by molar-refractivity contribution is -0.138. The second kappa shape index (κ2) is 6.87. The van der Waals surface area contributed by atoms with Gasteiger partial charge in [0.25, 0.3) is 0 Å². The largest absolute Gasteiger partial charge is 0.330 e. The standard InChI is InChI=1S/C19H28N6O/c1-4-15-13(12-23(2)22-15)11-20-16-7-8-18(26)25(14-5-6-14)19(16)17-9-10-21-24(17)3/h9-10,12,14,16,19-20H,4-8,11H2,1-3H3/t16-,19-/m1/s1. The number of carbonyl (C=O) groups is 1. The number of carbonyl (C=O) groups excluding carboxylic acids is 1. The lowest BCUT2D eigenvalue weighted by Crippen LogP contribution is -2.52. The molecule has 2 aliphatic rings. The van der Waals surface area contributed by atoms with Crippen molar-refractivity contribution in [3.8, 4) is 0 Å². The number of piperidine rings is 1. The Kier molecular flexibility index (Phi) is 4.56. The van der Waals surface area contributed by atoms with Crippen LogP contribution < -0.4 is 5.32 Å². The Bertz CT molecular complexity index is 790. The van der Waals surface area contributed by atoms with Crippen LogP contribution in [0.4, 0.5) is 0 Å². The molecule has 0 spiro atoms. The number of hydrogen-bond acceptors (Lipinski definition) is 4. The monoisotopic (exact) mass is 356 g/mol. The van der Waals surface area contributed by atoms with Crippen molar-refractivity contribution in [3.63, 3.8) is 0 Å². The van der Waals surface area contributed by atoms with Crippen LogP contribution in [0.25, 0.3) is 0 Å². The van der Waals surface area contributed by atoms with E-state index >= 15 is 0 Å². The fourth-order valence-corrected chi connectivity index (χ4v) is 4.21. The van der Waals surface area contributed by atoms with Crippen molar-refractivity contribution < 1.29 is 4.79 Å². The van der Waals surface area contributed by atoms with Crippen LogP contribution in [0.1, 0.15) is 55.6 Å². The maximum Gasteiger partial charge on any atom is 0.223 e. The number of likely N-dealkylation sites (tertiary alicyclic amines) is 1. The summed E-state index contributed by atoms with van der Waals surface area (Å²) in [6.45, 7) is 2.92. The molecule has 7 heteroatoms. The highest BCUT2D eigenvalue weighted by atomic mass is 16.2. The van der Waals surface area contributed by atoms with E-state index in [1.165, 1.54) is 5.56 Å². The van der Waals surface area contributed by atoms with E-state index in [2.05, 4.69) is 39.6 Å². The topological polar surface area (TPSA) is 68.0 Å². The Morgan fingerprint density at radius 3 is 2.73 bits per heavy atom. The van der Waals surface area contributed by atoms with E-state index in [0.717, 1.165) is 43.6 Å². The molecule has 1 aliphatic heterocycles. The molecule has 4 rings (SSSR count). The second-order valence-electron chi connectivity index (χ2n) is 7.51. The van der Waals surface area contributed by atoms with Crippen molar-refractivity contribution in [2.75, 3.05) is 0 Å². The predicted molar refractivity (Wildman–Crippen MR) is 98.3 cm³/mol. The summed E-state index contributed by atoms with van der Waals surface area (Å²) in [7, 11) is 3.93. The molecule has 0 unspecified atom stereocenters. The van der Waals surface area contributed by atoms with Crippen molar-refractivity contribution in [2.24, 2.45) is 14.1 Å².